The molecule has 0 radical (unpaired) electrons. The van der Waals surface area contributed by atoms with Crippen LogP contribution in [0.25, 0.3) is 0 Å². The number of phenols is 1. The number of carbonyl (C=O) groups is 1. The molecule has 0 atom stereocenters. The molecule has 3 aromatic rings. The zero-order valence-electron chi connectivity index (χ0n) is 18.0. The lowest BCUT2D eigenvalue weighted by atomic mass is 9.95. The van der Waals surface area contributed by atoms with Gasteiger partial charge in [-0.05, 0) is 57.1 Å². The van der Waals surface area contributed by atoms with Crippen LogP contribution in [0.1, 0.15) is 24.2 Å². The standard InChI is InChI=1S/C23H27N7O2/c1-15-6-8-17(9-7-15)25-23-28-20(27-22(24)29-23)14-30-12-10-16(11-13-30)21(32)26-18-4-2-3-5-19(18)31/h2-9,16,31H,10-14H2,1H3,(H,26,32)(H3,24,25,27,28,29). The van der Waals surface area contributed by atoms with Crippen LogP contribution in [0.5, 0.6) is 5.75 Å². The van der Waals surface area contributed by atoms with Gasteiger partial charge in [0.2, 0.25) is 17.8 Å². The fourth-order valence-corrected chi connectivity index (χ4v) is 3.70. The number of nitrogen functional groups attached to an aromatic ring is 1. The van der Waals surface area contributed by atoms with Crippen molar-refractivity contribution in [1.82, 2.24) is 19.9 Å². The second kappa shape index (κ2) is 9.61. The largest absolute Gasteiger partial charge is 0.506 e. The Labute approximate surface area is 186 Å². The Kier molecular flexibility index (Phi) is 6.46. The van der Waals surface area contributed by atoms with Crippen LogP contribution in [0.2, 0.25) is 0 Å². The molecule has 32 heavy (non-hydrogen) atoms. The molecule has 0 unspecified atom stereocenters. The Morgan fingerprint density at radius 3 is 2.53 bits per heavy atom. The van der Waals surface area contributed by atoms with E-state index in [1.165, 1.54) is 5.56 Å². The van der Waals surface area contributed by atoms with Crippen molar-refractivity contribution < 1.29 is 9.90 Å². The SMILES string of the molecule is Cc1ccc(Nc2nc(N)nc(CN3CCC(C(=O)Nc4ccccc4O)CC3)n2)cc1. The summed E-state index contributed by atoms with van der Waals surface area (Å²) in [6.07, 6.45) is 1.43. The van der Waals surface area contributed by atoms with Crippen molar-refractivity contribution in [3.05, 3.63) is 59.9 Å². The molecule has 166 valence electrons. The van der Waals surface area contributed by atoms with Gasteiger partial charge < -0.3 is 21.5 Å². The van der Waals surface area contributed by atoms with Crippen LogP contribution in [0, 0.1) is 12.8 Å². The van der Waals surface area contributed by atoms with Crippen molar-refractivity contribution in [2.24, 2.45) is 5.92 Å². The van der Waals surface area contributed by atoms with E-state index >= 15 is 0 Å². The van der Waals surface area contributed by atoms with Crippen LogP contribution < -0.4 is 16.4 Å². The zero-order chi connectivity index (χ0) is 22.5. The molecule has 2 heterocycles. The number of benzene rings is 2. The molecule has 1 aliphatic rings. The fourth-order valence-electron chi connectivity index (χ4n) is 3.70. The number of nitrogens with two attached hydrogens (primary N) is 1. The monoisotopic (exact) mass is 433 g/mol. The van der Waals surface area contributed by atoms with Crippen LogP contribution in [0.3, 0.4) is 0 Å². The van der Waals surface area contributed by atoms with E-state index in [9.17, 15) is 9.90 Å². The summed E-state index contributed by atoms with van der Waals surface area (Å²) in [6, 6.07) is 14.7. The van der Waals surface area contributed by atoms with Gasteiger partial charge in [0, 0.05) is 11.6 Å². The first-order valence-corrected chi connectivity index (χ1v) is 10.6. The van der Waals surface area contributed by atoms with Crippen molar-refractivity contribution >= 4 is 29.2 Å². The van der Waals surface area contributed by atoms with Crippen LogP contribution in [0.4, 0.5) is 23.3 Å². The number of anilines is 4. The average Bonchev–Trinajstić information content (AvgIpc) is 2.77. The first kappa shape index (κ1) is 21.5. The maximum Gasteiger partial charge on any atom is 0.232 e. The Morgan fingerprint density at radius 1 is 1.09 bits per heavy atom. The second-order valence-electron chi connectivity index (χ2n) is 7.98. The highest BCUT2D eigenvalue weighted by Crippen LogP contribution is 2.25. The van der Waals surface area contributed by atoms with Gasteiger partial charge in [0.1, 0.15) is 11.6 Å². The molecule has 9 nitrogen and oxygen atoms in total. The predicted molar refractivity (Wildman–Crippen MR) is 123 cm³/mol. The number of para-hydroxylation sites is 2. The Hall–Kier alpha value is -3.72. The molecule has 9 heteroatoms. The smallest absolute Gasteiger partial charge is 0.232 e. The van der Waals surface area contributed by atoms with Crippen molar-refractivity contribution in [1.29, 1.82) is 0 Å². The lowest BCUT2D eigenvalue weighted by molar-refractivity contribution is -0.121. The number of piperidine rings is 1. The van der Waals surface area contributed by atoms with E-state index < -0.39 is 0 Å². The molecule has 1 aliphatic heterocycles. The number of amides is 1. The molecule has 0 aliphatic carbocycles. The van der Waals surface area contributed by atoms with Gasteiger partial charge >= 0.3 is 0 Å². The predicted octanol–water partition coefficient (Wildman–Crippen LogP) is 3.06. The number of carbonyl (C=O) groups excluding carboxylic acids is 1. The molecule has 0 spiro atoms. The van der Waals surface area contributed by atoms with Crippen LogP contribution >= 0.6 is 0 Å². The van der Waals surface area contributed by atoms with E-state index in [0.29, 0.717) is 36.8 Å². The minimum absolute atomic E-state index is 0.0693. The summed E-state index contributed by atoms with van der Waals surface area (Å²) in [7, 11) is 0. The van der Waals surface area contributed by atoms with Gasteiger partial charge in [0.15, 0.2) is 0 Å². The number of aryl methyl sites for hydroxylation is 1. The first-order chi connectivity index (χ1) is 15.5. The van der Waals surface area contributed by atoms with E-state index in [1.807, 2.05) is 31.2 Å². The number of likely N-dealkylation sites (tertiary alicyclic amines) is 1. The number of hydrogen-bond acceptors (Lipinski definition) is 8. The summed E-state index contributed by atoms with van der Waals surface area (Å²) in [5.41, 5.74) is 8.38. The molecule has 5 N–H and O–H groups in total. The molecule has 2 aromatic carbocycles. The number of rotatable bonds is 6. The summed E-state index contributed by atoms with van der Waals surface area (Å²) >= 11 is 0. The molecule has 4 rings (SSSR count). The molecule has 1 saturated heterocycles. The van der Waals surface area contributed by atoms with Crippen molar-refractivity contribution in [3.63, 3.8) is 0 Å². The average molecular weight is 434 g/mol. The minimum Gasteiger partial charge on any atom is -0.506 e. The van der Waals surface area contributed by atoms with Crippen molar-refractivity contribution in [3.8, 4) is 5.75 Å². The lowest BCUT2D eigenvalue weighted by Crippen LogP contribution is -2.38. The highest BCUT2D eigenvalue weighted by molar-refractivity contribution is 5.93. The number of phenolic OH excluding ortho intramolecular Hbond substituents is 1. The third-order valence-corrected chi connectivity index (χ3v) is 5.49. The molecular weight excluding hydrogens is 406 g/mol. The van der Waals surface area contributed by atoms with Crippen LogP contribution in [-0.2, 0) is 11.3 Å². The van der Waals surface area contributed by atoms with E-state index in [0.717, 1.165) is 18.8 Å². The minimum atomic E-state index is -0.104. The topological polar surface area (TPSA) is 129 Å². The van der Waals surface area contributed by atoms with E-state index in [-0.39, 0.29) is 23.5 Å². The van der Waals surface area contributed by atoms with Gasteiger partial charge in [0.25, 0.3) is 0 Å². The highest BCUT2D eigenvalue weighted by Gasteiger charge is 2.26. The van der Waals surface area contributed by atoms with Gasteiger partial charge in [-0.1, -0.05) is 29.8 Å². The summed E-state index contributed by atoms with van der Waals surface area (Å²) in [5.74, 6) is 1.06. The molecule has 1 amide bonds. The summed E-state index contributed by atoms with van der Waals surface area (Å²) < 4.78 is 0. The van der Waals surface area contributed by atoms with Gasteiger partial charge in [-0.25, -0.2) is 0 Å². The first-order valence-electron chi connectivity index (χ1n) is 10.6. The van der Waals surface area contributed by atoms with Gasteiger partial charge in [-0.3, -0.25) is 9.69 Å². The second-order valence-corrected chi connectivity index (χ2v) is 7.98. The Bertz CT molecular complexity index is 1080. The summed E-state index contributed by atoms with van der Waals surface area (Å²) in [4.78, 5) is 27.7. The Balaban J connectivity index is 1.32. The van der Waals surface area contributed by atoms with Crippen molar-refractivity contribution in [2.75, 3.05) is 29.5 Å². The fraction of sp³-hybridized carbons (Fsp3) is 0.304. The van der Waals surface area contributed by atoms with E-state index in [1.54, 1.807) is 24.3 Å². The molecule has 1 fully saturated rings. The number of nitrogens with one attached hydrogen (secondary N) is 2. The number of hydrogen-bond donors (Lipinski definition) is 4. The lowest BCUT2D eigenvalue weighted by Gasteiger charge is -2.30. The van der Waals surface area contributed by atoms with Crippen molar-refractivity contribution in [2.45, 2.75) is 26.3 Å². The summed E-state index contributed by atoms with van der Waals surface area (Å²) in [6.45, 7) is 4.04. The van der Waals surface area contributed by atoms with Crippen LogP contribution in [-0.4, -0.2) is 44.0 Å². The maximum absolute atomic E-state index is 12.6. The van der Waals surface area contributed by atoms with E-state index in [2.05, 4.69) is 30.5 Å². The zero-order valence-corrected chi connectivity index (χ0v) is 18.0. The van der Waals surface area contributed by atoms with Gasteiger partial charge in [-0.15, -0.1) is 0 Å². The molecular formula is C23H27N7O2. The normalized spacial score (nSPS) is 14.8. The molecule has 1 aromatic heterocycles. The quantitative estimate of drug-likeness (QED) is 0.437. The Morgan fingerprint density at radius 2 is 1.81 bits per heavy atom. The number of nitrogens with zero attached hydrogens (tertiary/aromatic N) is 4. The summed E-state index contributed by atoms with van der Waals surface area (Å²) in [5, 5.41) is 15.8. The van der Waals surface area contributed by atoms with Gasteiger partial charge in [-0.2, -0.15) is 15.0 Å². The third-order valence-electron chi connectivity index (χ3n) is 5.49. The molecule has 0 bridgehead atoms. The van der Waals surface area contributed by atoms with Crippen LogP contribution in [0.15, 0.2) is 48.5 Å². The number of aromatic hydroxyl groups is 1. The molecule has 0 saturated carbocycles. The highest BCUT2D eigenvalue weighted by atomic mass is 16.3. The van der Waals surface area contributed by atoms with E-state index in [4.69, 9.17) is 5.73 Å². The van der Waals surface area contributed by atoms with Gasteiger partial charge in [0.05, 0.1) is 12.2 Å². The third kappa shape index (κ3) is 5.50. The maximum atomic E-state index is 12.6. The number of aromatic nitrogens is 3.